The van der Waals surface area contributed by atoms with Gasteiger partial charge in [0.05, 0.1) is 4.92 Å². The van der Waals surface area contributed by atoms with E-state index in [-0.39, 0.29) is 11.3 Å². The van der Waals surface area contributed by atoms with Gasteiger partial charge in [-0.25, -0.2) is 5.43 Å². The molecule has 0 saturated carbocycles. The molecule has 108 valence electrons. The normalized spacial score (nSPS) is 10.7. The fraction of sp³-hybridized carbons (Fsp3) is 0.429. The van der Waals surface area contributed by atoms with E-state index in [0.717, 1.165) is 19.3 Å². The highest BCUT2D eigenvalue weighted by molar-refractivity contribution is 5.94. The molecule has 1 N–H and O–H groups in total. The number of non-ortho nitro benzene ring substituents is 1. The lowest BCUT2D eigenvalue weighted by molar-refractivity contribution is -0.384. The number of unbranched alkanes of at least 4 members (excludes halogenated alkanes) is 4. The quantitative estimate of drug-likeness (QED) is 0.342. The average molecular weight is 277 g/mol. The Hall–Kier alpha value is -2.24. The predicted molar refractivity (Wildman–Crippen MR) is 77.8 cm³/mol. The molecular formula is C14H19N3O3. The number of nitro benzene ring substituents is 1. The van der Waals surface area contributed by atoms with Crippen LogP contribution in [0, 0.1) is 10.1 Å². The van der Waals surface area contributed by atoms with Crippen LogP contribution < -0.4 is 5.43 Å². The lowest BCUT2D eigenvalue weighted by atomic mass is 10.2. The average Bonchev–Trinajstić information content (AvgIpc) is 2.46. The maximum atomic E-state index is 11.7. The maximum absolute atomic E-state index is 11.7. The molecule has 20 heavy (non-hydrogen) atoms. The molecule has 0 fully saturated rings. The van der Waals surface area contributed by atoms with Gasteiger partial charge in [-0.05, 0) is 18.9 Å². The van der Waals surface area contributed by atoms with Crippen molar-refractivity contribution < 1.29 is 9.72 Å². The van der Waals surface area contributed by atoms with Crippen LogP contribution in [0.25, 0.3) is 0 Å². The Morgan fingerprint density at radius 2 is 2.20 bits per heavy atom. The third-order valence-corrected chi connectivity index (χ3v) is 2.76. The van der Waals surface area contributed by atoms with Gasteiger partial charge in [0.25, 0.3) is 11.6 Å². The first-order valence-corrected chi connectivity index (χ1v) is 6.71. The number of rotatable bonds is 8. The second-order valence-corrected chi connectivity index (χ2v) is 4.41. The summed E-state index contributed by atoms with van der Waals surface area (Å²) >= 11 is 0. The van der Waals surface area contributed by atoms with Gasteiger partial charge in [-0.15, -0.1) is 0 Å². The monoisotopic (exact) mass is 277 g/mol. The Bertz CT molecular complexity index is 486. The maximum Gasteiger partial charge on any atom is 0.271 e. The summed E-state index contributed by atoms with van der Waals surface area (Å²) in [6.45, 7) is 2.15. The number of nitrogens with zero attached hydrogens (tertiary/aromatic N) is 2. The predicted octanol–water partition coefficient (Wildman–Crippen LogP) is 3.28. The molecule has 0 atom stereocenters. The van der Waals surface area contributed by atoms with Crippen molar-refractivity contribution in [3.8, 4) is 0 Å². The molecule has 1 amide bonds. The zero-order valence-electron chi connectivity index (χ0n) is 11.5. The van der Waals surface area contributed by atoms with Gasteiger partial charge < -0.3 is 0 Å². The number of hydrogen-bond donors (Lipinski definition) is 1. The minimum Gasteiger partial charge on any atom is -0.267 e. The van der Waals surface area contributed by atoms with E-state index in [1.54, 1.807) is 6.21 Å². The van der Waals surface area contributed by atoms with Gasteiger partial charge in [0.2, 0.25) is 0 Å². The van der Waals surface area contributed by atoms with Crippen molar-refractivity contribution in [2.24, 2.45) is 5.10 Å². The highest BCUT2D eigenvalue weighted by atomic mass is 16.6. The van der Waals surface area contributed by atoms with Crippen molar-refractivity contribution in [1.29, 1.82) is 0 Å². The van der Waals surface area contributed by atoms with Crippen LogP contribution in [-0.2, 0) is 0 Å². The van der Waals surface area contributed by atoms with E-state index >= 15 is 0 Å². The Morgan fingerprint density at radius 1 is 1.40 bits per heavy atom. The third-order valence-electron chi connectivity index (χ3n) is 2.76. The number of benzene rings is 1. The van der Waals surface area contributed by atoms with Crippen LogP contribution in [0.5, 0.6) is 0 Å². The smallest absolute Gasteiger partial charge is 0.267 e. The Labute approximate surface area is 118 Å². The van der Waals surface area contributed by atoms with Crippen LogP contribution in [0.4, 0.5) is 5.69 Å². The molecule has 1 aromatic carbocycles. The van der Waals surface area contributed by atoms with Crippen molar-refractivity contribution in [2.75, 3.05) is 0 Å². The van der Waals surface area contributed by atoms with Crippen LogP contribution in [0.1, 0.15) is 49.4 Å². The van der Waals surface area contributed by atoms with Gasteiger partial charge in [-0.3, -0.25) is 14.9 Å². The SMILES string of the molecule is CCCCCC/C=N/NC(=O)c1cccc([N+](=O)[O-])c1. The second kappa shape index (κ2) is 8.79. The topological polar surface area (TPSA) is 84.6 Å². The Morgan fingerprint density at radius 3 is 2.90 bits per heavy atom. The number of amides is 1. The highest BCUT2D eigenvalue weighted by Crippen LogP contribution is 2.12. The summed E-state index contributed by atoms with van der Waals surface area (Å²) in [6, 6.07) is 5.56. The molecule has 0 aliphatic heterocycles. The van der Waals surface area contributed by atoms with E-state index in [9.17, 15) is 14.9 Å². The molecule has 0 bridgehead atoms. The molecule has 0 unspecified atom stereocenters. The van der Waals surface area contributed by atoms with Gasteiger partial charge in [0.1, 0.15) is 0 Å². The summed E-state index contributed by atoms with van der Waals surface area (Å²) < 4.78 is 0. The molecule has 0 spiro atoms. The summed E-state index contributed by atoms with van der Waals surface area (Å²) in [5.41, 5.74) is 2.48. The summed E-state index contributed by atoms with van der Waals surface area (Å²) in [6.07, 6.45) is 7.06. The molecular weight excluding hydrogens is 258 g/mol. The van der Waals surface area contributed by atoms with E-state index in [1.165, 1.54) is 37.1 Å². The van der Waals surface area contributed by atoms with Crippen LogP contribution >= 0.6 is 0 Å². The number of hydrazone groups is 1. The van der Waals surface area contributed by atoms with Crippen molar-refractivity contribution >= 4 is 17.8 Å². The molecule has 1 rings (SSSR count). The van der Waals surface area contributed by atoms with Gasteiger partial charge in [-0.1, -0.05) is 32.3 Å². The largest absolute Gasteiger partial charge is 0.271 e. The van der Waals surface area contributed by atoms with E-state index in [4.69, 9.17) is 0 Å². The summed E-state index contributed by atoms with van der Waals surface area (Å²) in [4.78, 5) is 21.8. The van der Waals surface area contributed by atoms with E-state index in [1.807, 2.05) is 0 Å². The molecule has 0 aliphatic rings. The first-order valence-electron chi connectivity index (χ1n) is 6.71. The van der Waals surface area contributed by atoms with Crippen LogP contribution in [0.2, 0.25) is 0 Å². The van der Waals surface area contributed by atoms with Gasteiger partial charge in [0.15, 0.2) is 0 Å². The molecule has 6 heteroatoms. The number of hydrogen-bond acceptors (Lipinski definition) is 4. The zero-order chi connectivity index (χ0) is 14.8. The van der Waals surface area contributed by atoms with Crippen molar-refractivity contribution in [3.63, 3.8) is 0 Å². The standard InChI is InChI=1S/C14H19N3O3/c1-2-3-4-5-6-10-15-16-14(18)12-8-7-9-13(11-12)17(19)20/h7-11H,2-6H2,1H3,(H,16,18)/b15-10+. The number of nitro groups is 1. The van der Waals surface area contributed by atoms with Crippen molar-refractivity contribution in [1.82, 2.24) is 5.43 Å². The number of carbonyl (C=O) groups excluding carboxylic acids is 1. The van der Waals surface area contributed by atoms with Crippen LogP contribution in [0.3, 0.4) is 0 Å². The lowest BCUT2D eigenvalue weighted by Gasteiger charge is -1.99. The molecule has 0 radical (unpaired) electrons. The molecule has 1 aromatic rings. The van der Waals surface area contributed by atoms with E-state index < -0.39 is 10.8 Å². The first-order chi connectivity index (χ1) is 9.65. The third kappa shape index (κ3) is 5.60. The van der Waals surface area contributed by atoms with Crippen molar-refractivity contribution in [3.05, 3.63) is 39.9 Å². The summed E-state index contributed by atoms with van der Waals surface area (Å²) in [7, 11) is 0. The second-order valence-electron chi connectivity index (χ2n) is 4.41. The molecule has 0 aromatic heterocycles. The molecule has 0 aliphatic carbocycles. The van der Waals surface area contributed by atoms with Crippen molar-refractivity contribution in [2.45, 2.75) is 39.0 Å². The number of carbonyl (C=O) groups is 1. The summed E-state index contributed by atoms with van der Waals surface area (Å²) in [5.74, 6) is -0.446. The fourth-order valence-corrected chi connectivity index (χ4v) is 1.66. The zero-order valence-corrected chi connectivity index (χ0v) is 11.5. The van der Waals surface area contributed by atoms with Gasteiger partial charge in [0, 0.05) is 23.9 Å². The Kier molecular flexibility index (Phi) is 6.95. The molecule has 0 heterocycles. The molecule has 0 saturated heterocycles. The van der Waals surface area contributed by atoms with E-state index in [2.05, 4.69) is 17.5 Å². The number of nitrogens with one attached hydrogen (secondary N) is 1. The van der Waals surface area contributed by atoms with Gasteiger partial charge >= 0.3 is 0 Å². The van der Waals surface area contributed by atoms with Crippen LogP contribution in [-0.4, -0.2) is 17.0 Å². The van der Waals surface area contributed by atoms with E-state index in [0.29, 0.717) is 0 Å². The highest BCUT2D eigenvalue weighted by Gasteiger charge is 2.10. The lowest BCUT2D eigenvalue weighted by Crippen LogP contribution is -2.17. The van der Waals surface area contributed by atoms with Gasteiger partial charge in [-0.2, -0.15) is 5.10 Å². The summed E-state index contributed by atoms with van der Waals surface area (Å²) in [5, 5.41) is 14.4. The first kappa shape index (κ1) is 15.8. The minimum atomic E-state index is -0.534. The fourth-order valence-electron chi connectivity index (χ4n) is 1.66. The minimum absolute atomic E-state index is 0.110. The Balaban J connectivity index is 2.41. The van der Waals surface area contributed by atoms with Crippen LogP contribution in [0.15, 0.2) is 29.4 Å². The molecule has 6 nitrogen and oxygen atoms in total.